The van der Waals surface area contributed by atoms with Gasteiger partial charge in [0.2, 0.25) is 0 Å². The van der Waals surface area contributed by atoms with Gasteiger partial charge < -0.3 is 15.4 Å². The summed E-state index contributed by atoms with van der Waals surface area (Å²) in [6, 6.07) is 17.7. The van der Waals surface area contributed by atoms with Crippen LogP contribution < -0.4 is 10.6 Å². The quantitative estimate of drug-likeness (QED) is 0.846. The standard InChI is InChI=1S/C20H22N2O2/c1-24-18(23)12-21-16-11-10-15-19-14(16)8-5-9-17(19)22-20(15)13-6-3-2-4-7-13/h2-9,15-16,20-22H,10-12H2,1H3. The van der Waals surface area contributed by atoms with Crippen molar-refractivity contribution < 1.29 is 9.53 Å². The molecule has 1 heterocycles. The van der Waals surface area contributed by atoms with Crippen molar-refractivity contribution in [2.45, 2.75) is 30.8 Å². The monoisotopic (exact) mass is 322 g/mol. The van der Waals surface area contributed by atoms with Gasteiger partial charge in [-0.25, -0.2) is 0 Å². The molecule has 4 nitrogen and oxygen atoms in total. The van der Waals surface area contributed by atoms with Crippen LogP contribution >= 0.6 is 0 Å². The van der Waals surface area contributed by atoms with Gasteiger partial charge >= 0.3 is 5.97 Å². The van der Waals surface area contributed by atoms with Gasteiger partial charge in [-0.3, -0.25) is 4.79 Å². The minimum atomic E-state index is -0.218. The Labute approximate surface area is 142 Å². The molecular weight excluding hydrogens is 300 g/mol. The maximum atomic E-state index is 11.5. The third-order valence-corrected chi connectivity index (χ3v) is 5.24. The molecule has 2 aromatic carbocycles. The Morgan fingerprint density at radius 2 is 2.00 bits per heavy atom. The molecule has 3 unspecified atom stereocenters. The van der Waals surface area contributed by atoms with E-state index in [0.717, 1.165) is 12.8 Å². The van der Waals surface area contributed by atoms with Gasteiger partial charge in [0, 0.05) is 17.6 Å². The topological polar surface area (TPSA) is 50.4 Å². The van der Waals surface area contributed by atoms with Crippen LogP contribution in [0.5, 0.6) is 0 Å². The van der Waals surface area contributed by atoms with Crippen LogP contribution in [0.1, 0.15) is 47.5 Å². The second-order valence-corrected chi connectivity index (χ2v) is 6.53. The minimum Gasteiger partial charge on any atom is -0.468 e. The molecule has 0 saturated carbocycles. The average Bonchev–Trinajstić information content (AvgIpc) is 3.02. The number of anilines is 1. The van der Waals surface area contributed by atoms with E-state index in [9.17, 15) is 4.79 Å². The van der Waals surface area contributed by atoms with Crippen LogP contribution in [0.3, 0.4) is 0 Å². The first-order chi connectivity index (χ1) is 11.8. The number of hydrogen-bond acceptors (Lipinski definition) is 4. The first-order valence-electron chi connectivity index (χ1n) is 8.52. The average molecular weight is 322 g/mol. The molecule has 4 rings (SSSR count). The van der Waals surface area contributed by atoms with Crippen molar-refractivity contribution in [1.29, 1.82) is 0 Å². The van der Waals surface area contributed by atoms with Crippen molar-refractivity contribution >= 4 is 11.7 Å². The van der Waals surface area contributed by atoms with E-state index < -0.39 is 0 Å². The predicted octanol–water partition coefficient (Wildman–Crippen LogP) is 3.53. The molecule has 0 spiro atoms. The van der Waals surface area contributed by atoms with Crippen molar-refractivity contribution in [2.75, 3.05) is 19.0 Å². The van der Waals surface area contributed by atoms with Crippen LogP contribution in [-0.4, -0.2) is 19.6 Å². The van der Waals surface area contributed by atoms with E-state index >= 15 is 0 Å². The summed E-state index contributed by atoms with van der Waals surface area (Å²) in [5.74, 6) is 0.278. The summed E-state index contributed by atoms with van der Waals surface area (Å²) >= 11 is 0. The summed E-state index contributed by atoms with van der Waals surface area (Å²) < 4.78 is 4.75. The highest BCUT2D eigenvalue weighted by Gasteiger charge is 2.39. The molecule has 2 aliphatic rings. The van der Waals surface area contributed by atoms with E-state index in [1.54, 1.807) is 0 Å². The van der Waals surface area contributed by atoms with Crippen molar-refractivity contribution in [1.82, 2.24) is 5.32 Å². The van der Waals surface area contributed by atoms with Gasteiger partial charge in [0.05, 0.1) is 19.7 Å². The van der Waals surface area contributed by atoms with E-state index in [-0.39, 0.29) is 18.6 Å². The number of benzene rings is 2. The van der Waals surface area contributed by atoms with Crippen molar-refractivity contribution in [3.05, 3.63) is 65.2 Å². The maximum absolute atomic E-state index is 11.5. The zero-order valence-electron chi connectivity index (χ0n) is 13.8. The summed E-state index contributed by atoms with van der Waals surface area (Å²) in [6.45, 7) is 0.255. The molecule has 0 aromatic heterocycles. The van der Waals surface area contributed by atoms with E-state index in [1.165, 1.54) is 29.5 Å². The smallest absolute Gasteiger partial charge is 0.319 e. The Kier molecular flexibility index (Phi) is 3.98. The number of carbonyl (C=O) groups excluding carboxylic acids is 1. The lowest BCUT2D eigenvalue weighted by molar-refractivity contribution is -0.139. The SMILES string of the molecule is COC(=O)CNC1CCC2c3c(cccc31)NC2c1ccccc1. The van der Waals surface area contributed by atoms with E-state index in [1.807, 2.05) is 0 Å². The minimum absolute atomic E-state index is 0.214. The van der Waals surface area contributed by atoms with E-state index in [2.05, 4.69) is 59.2 Å². The van der Waals surface area contributed by atoms with Crippen LogP contribution in [0.4, 0.5) is 5.69 Å². The number of hydrogen-bond donors (Lipinski definition) is 2. The highest BCUT2D eigenvalue weighted by molar-refractivity contribution is 5.71. The molecule has 2 aromatic rings. The first kappa shape index (κ1) is 15.2. The molecule has 2 N–H and O–H groups in total. The van der Waals surface area contributed by atoms with Crippen molar-refractivity contribution in [3.63, 3.8) is 0 Å². The van der Waals surface area contributed by atoms with Gasteiger partial charge in [-0.15, -0.1) is 0 Å². The molecule has 0 saturated heterocycles. The van der Waals surface area contributed by atoms with Crippen LogP contribution in [0.15, 0.2) is 48.5 Å². The third kappa shape index (κ3) is 2.57. The molecule has 3 atom stereocenters. The van der Waals surface area contributed by atoms with Gasteiger partial charge in [-0.1, -0.05) is 42.5 Å². The van der Waals surface area contributed by atoms with Gasteiger partial charge in [-0.05, 0) is 35.6 Å². The number of nitrogens with one attached hydrogen (secondary N) is 2. The zero-order valence-corrected chi connectivity index (χ0v) is 13.8. The molecule has 24 heavy (non-hydrogen) atoms. The summed E-state index contributed by atoms with van der Waals surface area (Å²) in [5.41, 5.74) is 5.31. The summed E-state index contributed by atoms with van der Waals surface area (Å²) in [7, 11) is 1.43. The first-order valence-corrected chi connectivity index (χ1v) is 8.52. The number of methoxy groups -OCH3 is 1. The molecule has 0 amide bonds. The Morgan fingerprint density at radius 3 is 2.79 bits per heavy atom. The second-order valence-electron chi connectivity index (χ2n) is 6.53. The fraction of sp³-hybridized carbons (Fsp3) is 0.350. The van der Waals surface area contributed by atoms with Crippen LogP contribution in [0.2, 0.25) is 0 Å². The fourth-order valence-electron chi connectivity index (χ4n) is 4.14. The van der Waals surface area contributed by atoms with Gasteiger partial charge in [0.1, 0.15) is 0 Å². The molecule has 124 valence electrons. The van der Waals surface area contributed by atoms with Crippen LogP contribution in [0.25, 0.3) is 0 Å². The Hall–Kier alpha value is -2.33. The van der Waals surface area contributed by atoms with Crippen molar-refractivity contribution in [3.8, 4) is 0 Å². The normalized spacial score (nSPS) is 24.1. The molecule has 1 aliphatic carbocycles. The third-order valence-electron chi connectivity index (χ3n) is 5.24. The molecule has 1 aliphatic heterocycles. The molecule has 0 bridgehead atoms. The van der Waals surface area contributed by atoms with Crippen molar-refractivity contribution in [2.24, 2.45) is 0 Å². The maximum Gasteiger partial charge on any atom is 0.319 e. The lowest BCUT2D eigenvalue weighted by atomic mass is 9.77. The lowest BCUT2D eigenvalue weighted by Crippen LogP contribution is -2.31. The van der Waals surface area contributed by atoms with Gasteiger partial charge in [0.15, 0.2) is 0 Å². The number of ether oxygens (including phenoxy) is 1. The van der Waals surface area contributed by atoms with E-state index in [4.69, 9.17) is 4.74 Å². The number of carbonyl (C=O) groups is 1. The lowest BCUT2D eigenvalue weighted by Gasteiger charge is -2.31. The zero-order chi connectivity index (χ0) is 16.5. The highest BCUT2D eigenvalue weighted by Crippen LogP contribution is 2.52. The molecule has 0 radical (unpaired) electrons. The number of rotatable bonds is 4. The summed E-state index contributed by atoms with van der Waals surface area (Å²) in [4.78, 5) is 11.5. The summed E-state index contributed by atoms with van der Waals surface area (Å²) in [5, 5.41) is 7.07. The number of esters is 1. The fourth-order valence-corrected chi connectivity index (χ4v) is 4.14. The molecule has 0 fully saturated rings. The summed E-state index contributed by atoms with van der Waals surface area (Å²) in [6.07, 6.45) is 2.14. The van der Waals surface area contributed by atoms with Crippen LogP contribution in [-0.2, 0) is 9.53 Å². The van der Waals surface area contributed by atoms with E-state index in [0.29, 0.717) is 12.0 Å². The Balaban J connectivity index is 1.63. The molecule has 4 heteroatoms. The second kappa shape index (κ2) is 6.29. The van der Waals surface area contributed by atoms with Gasteiger partial charge in [-0.2, -0.15) is 0 Å². The van der Waals surface area contributed by atoms with Gasteiger partial charge in [0.25, 0.3) is 0 Å². The molecular formula is C20H22N2O2. The van der Waals surface area contributed by atoms with Crippen LogP contribution in [0, 0.1) is 0 Å². The highest BCUT2D eigenvalue weighted by atomic mass is 16.5. The Bertz CT molecular complexity index is 745. The largest absolute Gasteiger partial charge is 0.468 e. The predicted molar refractivity (Wildman–Crippen MR) is 94.0 cm³/mol. The Morgan fingerprint density at radius 1 is 1.17 bits per heavy atom.